The molecule has 108 valence electrons. The van der Waals surface area contributed by atoms with Gasteiger partial charge >= 0.3 is 0 Å². The van der Waals surface area contributed by atoms with Gasteiger partial charge in [0.15, 0.2) is 11.6 Å². The molecular formula is C14H16F2N2O2. The summed E-state index contributed by atoms with van der Waals surface area (Å²) in [6.45, 7) is 0.847. The molecule has 0 unspecified atom stereocenters. The van der Waals surface area contributed by atoms with E-state index in [0.29, 0.717) is 32.4 Å². The number of primary amides is 1. The first-order valence-electron chi connectivity index (χ1n) is 6.50. The Balaban J connectivity index is 2.02. The van der Waals surface area contributed by atoms with Crippen LogP contribution in [0.1, 0.15) is 29.6 Å². The molecule has 2 rings (SSSR count). The number of hydrogen-bond donors (Lipinski definition) is 1. The molecule has 20 heavy (non-hydrogen) atoms. The normalized spacial score (nSPS) is 16.2. The number of likely N-dealkylation sites (tertiary alicyclic amines) is 1. The van der Waals surface area contributed by atoms with Gasteiger partial charge in [0.25, 0.3) is 5.91 Å². The van der Waals surface area contributed by atoms with Crippen LogP contribution in [0.2, 0.25) is 0 Å². The van der Waals surface area contributed by atoms with Gasteiger partial charge in [0.1, 0.15) is 0 Å². The summed E-state index contributed by atoms with van der Waals surface area (Å²) in [7, 11) is 0. The molecule has 0 spiro atoms. The number of carbonyl (C=O) groups excluding carboxylic acids is 2. The number of hydrogen-bond acceptors (Lipinski definition) is 2. The van der Waals surface area contributed by atoms with Crippen molar-refractivity contribution in [3.63, 3.8) is 0 Å². The van der Waals surface area contributed by atoms with Gasteiger partial charge < -0.3 is 10.6 Å². The molecule has 0 atom stereocenters. The van der Waals surface area contributed by atoms with Crippen molar-refractivity contribution >= 4 is 11.8 Å². The lowest BCUT2D eigenvalue weighted by Gasteiger charge is -2.31. The van der Waals surface area contributed by atoms with Crippen LogP contribution in [0.15, 0.2) is 18.2 Å². The van der Waals surface area contributed by atoms with Gasteiger partial charge in [-0.1, -0.05) is 6.07 Å². The van der Waals surface area contributed by atoms with Crippen LogP contribution in [-0.2, 0) is 4.79 Å². The lowest BCUT2D eigenvalue weighted by molar-refractivity contribution is -0.119. The fourth-order valence-electron chi connectivity index (χ4n) is 2.46. The Bertz CT molecular complexity index is 526. The molecule has 1 fully saturated rings. The molecule has 0 radical (unpaired) electrons. The average molecular weight is 282 g/mol. The first kappa shape index (κ1) is 14.4. The fraction of sp³-hybridized carbons (Fsp3) is 0.429. The van der Waals surface area contributed by atoms with Gasteiger partial charge in [0, 0.05) is 19.5 Å². The van der Waals surface area contributed by atoms with Crippen molar-refractivity contribution in [3.05, 3.63) is 35.4 Å². The SMILES string of the molecule is NC(=O)CC1CCN(C(=O)c2cccc(F)c2F)CC1. The number of piperidine rings is 1. The smallest absolute Gasteiger partial charge is 0.256 e. The van der Waals surface area contributed by atoms with E-state index >= 15 is 0 Å². The minimum atomic E-state index is -1.11. The van der Waals surface area contributed by atoms with Gasteiger partial charge in [-0.25, -0.2) is 8.78 Å². The van der Waals surface area contributed by atoms with Crippen molar-refractivity contribution in [1.29, 1.82) is 0 Å². The summed E-state index contributed by atoms with van der Waals surface area (Å²) in [5.41, 5.74) is 4.88. The van der Waals surface area contributed by atoms with E-state index in [4.69, 9.17) is 5.73 Å². The number of nitrogens with two attached hydrogens (primary N) is 1. The number of nitrogens with zero attached hydrogens (tertiary/aromatic N) is 1. The van der Waals surface area contributed by atoms with E-state index in [0.717, 1.165) is 6.07 Å². The third-order valence-corrected chi connectivity index (χ3v) is 3.57. The van der Waals surface area contributed by atoms with Crippen molar-refractivity contribution < 1.29 is 18.4 Å². The second-order valence-corrected chi connectivity index (χ2v) is 5.01. The third kappa shape index (κ3) is 3.12. The zero-order valence-electron chi connectivity index (χ0n) is 10.9. The topological polar surface area (TPSA) is 63.4 Å². The van der Waals surface area contributed by atoms with Crippen LogP contribution in [0, 0.1) is 17.6 Å². The van der Waals surface area contributed by atoms with Crippen LogP contribution in [-0.4, -0.2) is 29.8 Å². The molecule has 2 amide bonds. The highest BCUT2D eigenvalue weighted by Gasteiger charge is 2.26. The zero-order valence-corrected chi connectivity index (χ0v) is 10.9. The summed E-state index contributed by atoms with van der Waals surface area (Å²) < 4.78 is 26.7. The van der Waals surface area contributed by atoms with E-state index in [1.165, 1.54) is 17.0 Å². The van der Waals surface area contributed by atoms with Crippen LogP contribution in [0.4, 0.5) is 8.78 Å². The molecule has 1 heterocycles. The van der Waals surface area contributed by atoms with Crippen molar-refractivity contribution in [1.82, 2.24) is 4.90 Å². The maximum Gasteiger partial charge on any atom is 0.256 e. The monoisotopic (exact) mass is 282 g/mol. The minimum absolute atomic E-state index is 0.161. The molecule has 1 saturated heterocycles. The molecule has 1 aromatic rings. The highest BCUT2D eigenvalue weighted by atomic mass is 19.2. The quantitative estimate of drug-likeness (QED) is 0.917. The largest absolute Gasteiger partial charge is 0.370 e. The Hall–Kier alpha value is -1.98. The summed E-state index contributed by atoms with van der Waals surface area (Å²) in [5.74, 6) is -2.85. The van der Waals surface area contributed by atoms with E-state index in [2.05, 4.69) is 0 Å². The number of benzene rings is 1. The summed E-state index contributed by atoms with van der Waals surface area (Å²) in [5, 5.41) is 0. The predicted octanol–water partition coefficient (Wildman–Crippen LogP) is 1.69. The highest BCUT2D eigenvalue weighted by molar-refractivity contribution is 5.94. The van der Waals surface area contributed by atoms with Crippen LogP contribution < -0.4 is 5.73 Å². The summed E-state index contributed by atoms with van der Waals surface area (Å²) in [6, 6.07) is 3.56. The molecular weight excluding hydrogens is 266 g/mol. The molecule has 4 nitrogen and oxygen atoms in total. The Morgan fingerprint density at radius 2 is 1.90 bits per heavy atom. The Labute approximate surface area is 115 Å². The zero-order chi connectivity index (χ0) is 14.7. The predicted molar refractivity (Wildman–Crippen MR) is 68.8 cm³/mol. The molecule has 6 heteroatoms. The summed E-state index contributed by atoms with van der Waals surface area (Å²) >= 11 is 0. The Morgan fingerprint density at radius 1 is 1.25 bits per heavy atom. The highest BCUT2D eigenvalue weighted by Crippen LogP contribution is 2.22. The van der Waals surface area contributed by atoms with Gasteiger partial charge in [0.05, 0.1) is 5.56 Å². The Morgan fingerprint density at radius 3 is 2.50 bits per heavy atom. The molecule has 0 aliphatic carbocycles. The molecule has 0 aromatic heterocycles. The first-order chi connectivity index (χ1) is 9.49. The van der Waals surface area contributed by atoms with Crippen molar-refractivity contribution in [2.75, 3.05) is 13.1 Å². The van der Waals surface area contributed by atoms with Gasteiger partial charge in [-0.2, -0.15) is 0 Å². The average Bonchev–Trinajstić information content (AvgIpc) is 2.41. The Kier molecular flexibility index (Phi) is 4.32. The van der Waals surface area contributed by atoms with Crippen LogP contribution in [0.25, 0.3) is 0 Å². The van der Waals surface area contributed by atoms with Crippen LogP contribution in [0.5, 0.6) is 0 Å². The second-order valence-electron chi connectivity index (χ2n) is 5.01. The van der Waals surface area contributed by atoms with Crippen LogP contribution >= 0.6 is 0 Å². The van der Waals surface area contributed by atoms with Crippen molar-refractivity contribution in [2.24, 2.45) is 11.7 Å². The van der Waals surface area contributed by atoms with Gasteiger partial charge in [-0.3, -0.25) is 9.59 Å². The van der Waals surface area contributed by atoms with E-state index < -0.39 is 17.5 Å². The minimum Gasteiger partial charge on any atom is -0.370 e. The molecule has 2 N–H and O–H groups in total. The molecule has 1 aliphatic heterocycles. The van der Waals surface area contributed by atoms with E-state index in [9.17, 15) is 18.4 Å². The van der Waals surface area contributed by atoms with Crippen LogP contribution in [0.3, 0.4) is 0 Å². The maximum atomic E-state index is 13.6. The molecule has 0 bridgehead atoms. The van der Waals surface area contributed by atoms with Gasteiger partial charge in [-0.15, -0.1) is 0 Å². The number of amides is 2. The standard InChI is InChI=1S/C14H16F2N2O2/c15-11-3-1-2-10(13(11)16)14(20)18-6-4-9(5-7-18)8-12(17)19/h1-3,9H,4-8H2,(H2,17,19). The van der Waals surface area contributed by atoms with E-state index in [-0.39, 0.29) is 17.4 Å². The number of carbonyl (C=O) groups is 2. The summed E-state index contributed by atoms with van der Waals surface area (Å²) in [4.78, 5) is 24.4. The first-order valence-corrected chi connectivity index (χ1v) is 6.50. The van der Waals surface area contributed by atoms with Gasteiger partial charge in [0.2, 0.25) is 5.91 Å². The second kappa shape index (κ2) is 5.98. The fourth-order valence-corrected chi connectivity index (χ4v) is 2.46. The molecule has 1 aliphatic rings. The van der Waals surface area contributed by atoms with Gasteiger partial charge in [-0.05, 0) is 30.9 Å². The number of rotatable bonds is 3. The third-order valence-electron chi connectivity index (χ3n) is 3.57. The molecule has 1 aromatic carbocycles. The lowest BCUT2D eigenvalue weighted by atomic mass is 9.93. The summed E-state index contributed by atoms with van der Waals surface area (Å²) in [6.07, 6.45) is 1.59. The van der Waals surface area contributed by atoms with Crippen molar-refractivity contribution in [3.8, 4) is 0 Å². The van der Waals surface area contributed by atoms with E-state index in [1.807, 2.05) is 0 Å². The van der Waals surface area contributed by atoms with E-state index in [1.54, 1.807) is 0 Å². The molecule has 0 saturated carbocycles. The van der Waals surface area contributed by atoms with Crippen molar-refractivity contribution in [2.45, 2.75) is 19.3 Å². The number of halogens is 2. The maximum absolute atomic E-state index is 13.6. The lowest BCUT2D eigenvalue weighted by Crippen LogP contribution is -2.39.